The minimum absolute atomic E-state index is 0.137. The number of imide groups is 1. The third-order valence-electron chi connectivity index (χ3n) is 13.5. The average molecular weight is 933 g/mol. The van der Waals surface area contributed by atoms with Gasteiger partial charge in [0.15, 0.2) is 11.5 Å². The maximum atomic E-state index is 14.0. The Balaban J connectivity index is 0.804. The van der Waals surface area contributed by atoms with Crippen LogP contribution in [0.2, 0.25) is 0 Å². The third-order valence-corrected chi connectivity index (χ3v) is 14.5. The van der Waals surface area contributed by atoms with Gasteiger partial charge >= 0.3 is 0 Å². The number of aryl methyl sites for hydroxylation is 2. The number of nitrogens with zero attached hydrogens (tertiary/aromatic N) is 4. The number of nitrogens with one attached hydrogen (secondary N) is 2. The summed E-state index contributed by atoms with van der Waals surface area (Å²) in [7, 11) is 1.58. The first kappa shape index (κ1) is 49.3. The van der Waals surface area contributed by atoms with Gasteiger partial charge in [-0.25, -0.2) is 4.98 Å². The van der Waals surface area contributed by atoms with Crippen LogP contribution in [0.25, 0.3) is 10.4 Å². The van der Waals surface area contributed by atoms with Gasteiger partial charge < -0.3 is 29.9 Å². The van der Waals surface area contributed by atoms with Crippen LogP contribution in [0.3, 0.4) is 0 Å². The van der Waals surface area contributed by atoms with E-state index in [9.17, 15) is 24.0 Å². The smallest absolute Gasteiger partial charge is 0.262 e. The van der Waals surface area contributed by atoms with Crippen molar-refractivity contribution in [2.75, 3.05) is 39.9 Å². The summed E-state index contributed by atoms with van der Waals surface area (Å²) < 4.78 is 11.1. The molecule has 4 heterocycles. The van der Waals surface area contributed by atoms with Crippen LogP contribution in [-0.2, 0) is 33.9 Å². The Morgan fingerprint density at radius 2 is 1.67 bits per heavy atom. The molecule has 5 amide bonds. The second-order valence-corrected chi connectivity index (χ2v) is 20.2. The van der Waals surface area contributed by atoms with E-state index in [0.717, 1.165) is 104 Å². The Hall–Kier alpha value is -5.60. The summed E-state index contributed by atoms with van der Waals surface area (Å²) >= 11 is 1.61. The Morgan fingerprint density at radius 3 is 2.37 bits per heavy atom. The predicted octanol–water partition coefficient (Wildman–Crippen LogP) is 8.37. The molecule has 13 nitrogen and oxygen atoms in total. The lowest BCUT2D eigenvalue weighted by molar-refractivity contribution is -0.143. The van der Waals surface area contributed by atoms with Crippen LogP contribution in [0.15, 0.2) is 66.2 Å². The molecule has 2 unspecified atom stereocenters. The number of fused-ring (bicyclic) bond motifs is 1. The lowest BCUT2D eigenvalue weighted by Gasteiger charge is -2.35. The number of unbranched alkanes of at least 4 members (excludes halogenated alkanes) is 2. The van der Waals surface area contributed by atoms with Crippen LogP contribution in [0, 0.1) is 18.3 Å². The zero-order chi connectivity index (χ0) is 47.7. The summed E-state index contributed by atoms with van der Waals surface area (Å²) in [6, 6.07) is 17.9. The molecule has 0 bridgehead atoms. The zero-order valence-corrected chi connectivity index (χ0v) is 41.0. The van der Waals surface area contributed by atoms with Gasteiger partial charge in [-0.05, 0) is 137 Å². The van der Waals surface area contributed by atoms with Gasteiger partial charge in [-0.1, -0.05) is 69.7 Å². The average Bonchev–Trinajstić information content (AvgIpc) is 4.05. The zero-order valence-electron chi connectivity index (χ0n) is 40.2. The minimum atomic E-state index is -0.738. The van der Waals surface area contributed by atoms with Crippen molar-refractivity contribution < 1.29 is 33.4 Å². The highest BCUT2D eigenvalue weighted by molar-refractivity contribution is 7.13. The number of carbonyl (C=O) groups excluding carboxylic acids is 5. The molecule has 1 aromatic heterocycles. The number of rotatable bonds is 20. The molecule has 358 valence electrons. The molecule has 2 atom stereocenters. The number of benzene rings is 3. The van der Waals surface area contributed by atoms with Crippen molar-refractivity contribution in [2.45, 2.75) is 124 Å². The number of likely N-dealkylation sites (tertiary alicyclic amines) is 2. The number of aromatic nitrogens is 1. The molecule has 3 aliphatic heterocycles. The summed E-state index contributed by atoms with van der Waals surface area (Å²) in [5, 5.41) is 6.11. The summed E-state index contributed by atoms with van der Waals surface area (Å²) in [6.07, 6.45) is 8.20. The SMILES string of the molecule is CCOc1cc(CN2C(=O)c3cccc(CCC4CCN(CCCCCC(=O)NC(C(=O)N5CCCC5C(=O)NCc5ccc(-c6scnc6C)cc5)C(C)(C)C)CC4)c3C2=O)ccc1OC. The van der Waals surface area contributed by atoms with Crippen molar-refractivity contribution in [1.29, 1.82) is 0 Å². The van der Waals surface area contributed by atoms with Gasteiger partial charge in [0.25, 0.3) is 11.8 Å². The molecular weight excluding hydrogens is 865 g/mol. The van der Waals surface area contributed by atoms with Crippen molar-refractivity contribution in [2.24, 2.45) is 11.3 Å². The Labute approximate surface area is 400 Å². The molecule has 3 aromatic carbocycles. The lowest BCUT2D eigenvalue weighted by Crippen LogP contribution is -2.57. The number of methoxy groups -OCH3 is 1. The molecule has 0 aliphatic carbocycles. The predicted molar refractivity (Wildman–Crippen MR) is 261 cm³/mol. The number of carbonyl (C=O) groups is 5. The van der Waals surface area contributed by atoms with E-state index < -0.39 is 17.5 Å². The van der Waals surface area contributed by atoms with Gasteiger partial charge in [0.2, 0.25) is 17.7 Å². The summed E-state index contributed by atoms with van der Waals surface area (Å²) in [6.45, 7) is 14.3. The molecule has 2 saturated heterocycles. The second-order valence-electron chi connectivity index (χ2n) is 19.3. The van der Waals surface area contributed by atoms with Crippen molar-refractivity contribution in [3.8, 4) is 21.9 Å². The fourth-order valence-corrected chi connectivity index (χ4v) is 10.5. The molecule has 7 rings (SSSR count). The molecule has 2 N–H and O–H groups in total. The number of hydrogen-bond acceptors (Lipinski definition) is 10. The Bertz CT molecular complexity index is 2380. The second kappa shape index (κ2) is 22.5. The van der Waals surface area contributed by atoms with Gasteiger partial charge in [0.05, 0.1) is 47.5 Å². The molecule has 0 saturated carbocycles. The fourth-order valence-electron chi connectivity index (χ4n) is 9.69. The first-order valence-electron chi connectivity index (χ1n) is 24.1. The highest BCUT2D eigenvalue weighted by Gasteiger charge is 2.42. The van der Waals surface area contributed by atoms with Crippen molar-refractivity contribution >= 4 is 40.9 Å². The van der Waals surface area contributed by atoms with E-state index in [-0.39, 0.29) is 36.1 Å². The number of hydrogen-bond donors (Lipinski definition) is 2. The largest absolute Gasteiger partial charge is 0.493 e. The van der Waals surface area contributed by atoms with Gasteiger partial charge in [-0.2, -0.15) is 0 Å². The summed E-state index contributed by atoms with van der Waals surface area (Å²) in [5.41, 5.74) is 7.13. The lowest BCUT2D eigenvalue weighted by atomic mass is 9.85. The molecule has 3 aliphatic rings. The summed E-state index contributed by atoms with van der Waals surface area (Å²) in [5.74, 6) is 0.717. The van der Waals surface area contributed by atoms with E-state index in [4.69, 9.17) is 9.47 Å². The minimum Gasteiger partial charge on any atom is -0.493 e. The van der Waals surface area contributed by atoms with E-state index in [1.807, 2.05) is 88.7 Å². The highest BCUT2D eigenvalue weighted by Crippen LogP contribution is 2.34. The van der Waals surface area contributed by atoms with E-state index in [1.54, 1.807) is 35.5 Å². The maximum absolute atomic E-state index is 14.0. The Morgan fingerprint density at radius 1 is 0.910 bits per heavy atom. The maximum Gasteiger partial charge on any atom is 0.262 e. The van der Waals surface area contributed by atoms with Gasteiger partial charge in [0, 0.05) is 19.5 Å². The van der Waals surface area contributed by atoms with Crippen LogP contribution in [0.1, 0.15) is 129 Å². The fraction of sp³-hybridized carbons (Fsp3) is 0.509. The molecule has 0 radical (unpaired) electrons. The van der Waals surface area contributed by atoms with Crippen LogP contribution in [0.5, 0.6) is 11.5 Å². The first-order chi connectivity index (χ1) is 32.2. The summed E-state index contributed by atoms with van der Waals surface area (Å²) in [4.78, 5) is 78.9. The topological polar surface area (TPSA) is 150 Å². The quantitative estimate of drug-likeness (QED) is 0.0659. The highest BCUT2D eigenvalue weighted by atomic mass is 32.1. The third kappa shape index (κ3) is 12.1. The molecular formula is C53H68N6O7S. The monoisotopic (exact) mass is 932 g/mol. The molecule has 14 heteroatoms. The molecule has 0 spiro atoms. The number of piperidine rings is 1. The number of ether oxygens (including phenoxy) is 2. The van der Waals surface area contributed by atoms with Crippen LogP contribution >= 0.6 is 11.3 Å². The van der Waals surface area contributed by atoms with Gasteiger partial charge in [-0.15, -0.1) is 11.3 Å². The molecule has 67 heavy (non-hydrogen) atoms. The van der Waals surface area contributed by atoms with Gasteiger partial charge in [0.1, 0.15) is 12.1 Å². The number of thiazole rings is 1. The Kier molecular flexibility index (Phi) is 16.5. The standard InChI is InChI=1S/C53H68N6O7S/c1-7-66-44-31-38(20-24-43(44)65-6)33-59-50(62)41-14-11-13-39(46(41)51(59)63)21-17-36-25-29-57(30-26-36)27-10-8-9-16-45(60)56-48(53(3,4)5)52(64)58-28-12-15-42(58)49(61)54-32-37-18-22-40(23-19-37)47-35(2)55-34-67-47/h11,13-14,18-20,22-24,31,34,36,42,48H,7-10,12,15-17,21,25-30,32-33H2,1-6H3,(H,54,61)(H,56,60). The molecule has 2 fully saturated rings. The van der Waals surface area contributed by atoms with Crippen LogP contribution in [-0.4, -0.2) is 101 Å². The normalized spacial score (nSPS) is 17.1. The van der Waals surface area contributed by atoms with E-state index >= 15 is 0 Å². The van der Waals surface area contributed by atoms with Crippen molar-refractivity contribution in [1.82, 2.24) is 30.3 Å². The van der Waals surface area contributed by atoms with Crippen LogP contribution < -0.4 is 20.1 Å². The van der Waals surface area contributed by atoms with Crippen molar-refractivity contribution in [3.63, 3.8) is 0 Å². The first-order valence-corrected chi connectivity index (χ1v) is 25.0. The number of amides is 5. The van der Waals surface area contributed by atoms with Gasteiger partial charge in [-0.3, -0.25) is 28.9 Å². The van der Waals surface area contributed by atoms with E-state index in [2.05, 4.69) is 20.5 Å². The van der Waals surface area contributed by atoms with E-state index in [0.29, 0.717) is 61.1 Å². The van der Waals surface area contributed by atoms with E-state index in [1.165, 1.54) is 4.90 Å². The van der Waals surface area contributed by atoms with Crippen LogP contribution in [0.4, 0.5) is 0 Å². The molecule has 4 aromatic rings. The van der Waals surface area contributed by atoms with Crippen molar-refractivity contribution in [3.05, 3.63) is 99.7 Å².